The summed E-state index contributed by atoms with van der Waals surface area (Å²) in [5, 5.41) is 3.23. The molecule has 0 aromatic heterocycles. The third-order valence-electron chi connectivity index (χ3n) is 3.69. The fraction of sp³-hybridized carbons (Fsp3) is 0.250. The molecule has 1 atom stereocenters. The number of anilines is 1. The third-order valence-corrected chi connectivity index (χ3v) is 5.17. The molecule has 21 heavy (non-hydrogen) atoms. The van der Waals surface area contributed by atoms with Crippen molar-refractivity contribution in [3.8, 4) is 0 Å². The minimum atomic E-state index is -3.48. The fourth-order valence-electron chi connectivity index (χ4n) is 2.45. The van der Waals surface area contributed by atoms with Gasteiger partial charge in [-0.3, -0.25) is 0 Å². The van der Waals surface area contributed by atoms with E-state index in [0.29, 0.717) is 16.5 Å². The highest BCUT2D eigenvalue weighted by Gasteiger charge is 2.29. The molecule has 2 aromatic carbocycles. The van der Waals surface area contributed by atoms with Crippen molar-refractivity contribution >= 4 is 15.7 Å². The van der Waals surface area contributed by atoms with Crippen LogP contribution in [-0.4, -0.2) is 8.42 Å². The molecule has 110 valence electrons. The SMILES string of the molecule is CC(C)c1ccc([C@H]2Nc3ccccc3S(=O)(=O)N2)cc1. The van der Waals surface area contributed by atoms with Crippen molar-refractivity contribution < 1.29 is 8.42 Å². The van der Waals surface area contributed by atoms with Gasteiger partial charge in [0.05, 0.1) is 5.69 Å². The molecule has 0 amide bonds. The minimum Gasteiger partial charge on any atom is -0.364 e. The quantitative estimate of drug-likeness (QED) is 0.895. The smallest absolute Gasteiger partial charge is 0.244 e. The van der Waals surface area contributed by atoms with E-state index >= 15 is 0 Å². The van der Waals surface area contributed by atoms with Gasteiger partial charge < -0.3 is 5.32 Å². The summed E-state index contributed by atoms with van der Waals surface area (Å²) in [5.41, 5.74) is 2.77. The van der Waals surface area contributed by atoms with Crippen molar-refractivity contribution in [2.24, 2.45) is 0 Å². The molecule has 2 aromatic rings. The second kappa shape index (κ2) is 5.16. The molecule has 0 radical (unpaired) electrons. The number of rotatable bonds is 2. The van der Waals surface area contributed by atoms with Crippen LogP contribution in [0.15, 0.2) is 53.4 Å². The van der Waals surface area contributed by atoms with Gasteiger partial charge in [-0.15, -0.1) is 0 Å². The molecule has 0 saturated carbocycles. The van der Waals surface area contributed by atoms with Crippen LogP contribution in [0, 0.1) is 0 Å². The maximum atomic E-state index is 12.3. The monoisotopic (exact) mass is 302 g/mol. The zero-order valence-electron chi connectivity index (χ0n) is 12.0. The van der Waals surface area contributed by atoms with Gasteiger partial charge in [-0.1, -0.05) is 50.2 Å². The van der Waals surface area contributed by atoms with Gasteiger partial charge in [0.25, 0.3) is 0 Å². The van der Waals surface area contributed by atoms with E-state index in [2.05, 4.69) is 23.9 Å². The Hall–Kier alpha value is -1.85. The molecule has 1 heterocycles. The first-order valence-electron chi connectivity index (χ1n) is 6.95. The van der Waals surface area contributed by atoms with Crippen molar-refractivity contribution in [3.63, 3.8) is 0 Å². The van der Waals surface area contributed by atoms with Gasteiger partial charge in [0.1, 0.15) is 11.1 Å². The van der Waals surface area contributed by atoms with E-state index in [-0.39, 0.29) is 0 Å². The molecule has 0 unspecified atom stereocenters. The average Bonchev–Trinajstić information content (AvgIpc) is 2.46. The number of hydrogen-bond donors (Lipinski definition) is 2. The molecule has 0 bridgehead atoms. The van der Waals surface area contributed by atoms with Gasteiger partial charge >= 0.3 is 0 Å². The van der Waals surface area contributed by atoms with Crippen LogP contribution >= 0.6 is 0 Å². The number of benzene rings is 2. The van der Waals surface area contributed by atoms with E-state index in [4.69, 9.17) is 0 Å². The van der Waals surface area contributed by atoms with Crippen LogP contribution < -0.4 is 10.0 Å². The van der Waals surface area contributed by atoms with Crippen LogP contribution in [0.5, 0.6) is 0 Å². The van der Waals surface area contributed by atoms with Gasteiger partial charge in [-0.05, 0) is 29.2 Å². The van der Waals surface area contributed by atoms with E-state index in [1.807, 2.05) is 30.3 Å². The summed E-state index contributed by atoms with van der Waals surface area (Å²) in [5.74, 6) is 0.454. The Balaban J connectivity index is 1.95. The van der Waals surface area contributed by atoms with Gasteiger partial charge in [-0.25, -0.2) is 8.42 Å². The van der Waals surface area contributed by atoms with Crippen LogP contribution in [0.25, 0.3) is 0 Å². The molecule has 4 nitrogen and oxygen atoms in total. The Bertz CT molecular complexity index is 752. The second-order valence-corrected chi connectivity index (χ2v) is 7.20. The molecule has 3 rings (SSSR count). The summed E-state index contributed by atoms with van der Waals surface area (Å²) < 4.78 is 27.2. The summed E-state index contributed by atoms with van der Waals surface area (Å²) in [7, 11) is -3.48. The van der Waals surface area contributed by atoms with Crippen LogP contribution in [0.1, 0.15) is 37.1 Å². The number of hydrogen-bond acceptors (Lipinski definition) is 3. The molecule has 0 aliphatic carbocycles. The number of nitrogens with one attached hydrogen (secondary N) is 2. The van der Waals surface area contributed by atoms with Crippen LogP contribution in [0.2, 0.25) is 0 Å². The predicted octanol–water partition coefficient (Wildman–Crippen LogP) is 3.21. The first-order valence-corrected chi connectivity index (χ1v) is 8.43. The maximum absolute atomic E-state index is 12.3. The van der Waals surface area contributed by atoms with Crippen molar-refractivity contribution in [1.29, 1.82) is 0 Å². The van der Waals surface area contributed by atoms with Gasteiger partial charge in [0.2, 0.25) is 10.0 Å². The summed E-state index contributed by atoms with van der Waals surface area (Å²) in [6.45, 7) is 4.26. The van der Waals surface area contributed by atoms with E-state index in [1.54, 1.807) is 18.2 Å². The lowest BCUT2D eigenvalue weighted by molar-refractivity contribution is 0.562. The third kappa shape index (κ3) is 2.66. The Morgan fingerprint density at radius 1 is 1.00 bits per heavy atom. The van der Waals surface area contributed by atoms with E-state index < -0.39 is 16.2 Å². The van der Waals surface area contributed by atoms with Gasteiger partial charge in [0.15, 0.2) is 0 Å². The molecular formula is C16H18N2O2S. The molecule has 2 N–H and O–H groups in total. The Labute approximate surface area is 125 Å². The topological polar surface area (TPSA) is 58.2 Å². The zero-order valence-corrected chi connectivity index (χ0v) is 12.8. The molecule has 0 saturated heterocycles. The fourth-order valence-corrected chi connectivity index (χ4v) is 3.76. The number of sulfonamides is 1. The van der Waals surface area contributed by atoms with Crippen LogP contribution in [0.3, 0.4) is 0 Å². The molecule has 0 fully saturated rings. The van der Waals surface area contributed by atoms with E-state index in [1.165, 1.54) is 5.56 Å². The highest BCUT2D eigenvalue weighted by Crippen LogP contribution is 2.31. The Kier molecular flexibility index (Phi) is 3.47. The van der Waals surface area contributed by atoms with Gasteiger partial charge in [-0.2, -0.15) is 4.72 Å². The van der Waals surface area contributed by atoms with E-state index in [9.17, 15) is 8.42 Å². The molecule has 5 heteroatoms. The Morgan fingerprint density at radius 2 is 1.67 bits per heavy atom. The predicted molar refractivity (Wildman–Crippen MR) is 83.7 cm³/mol. The highest BCUT2D eigenvalue weighted by atomic mass is 32.2. The lowest BCUT2D eigenvalue weighted by atomic mass is 10.0. The van der Waals surface area contributed by atoms with Gasteiger partial charge in [0, 0.05) is 0 Å². The normalized spacial score (nSPS) is 19.9. The van der Waals surface area contributed by atoms with Crippen LogP contribution in [-0.2, 0) is 10.0 Å². The molecule has 1 aliphatic heterocycles. The summed E-state index contributed by atoms with van der Waals surface area (Å²) in [4.78, 5) is 0.292. The lowest BCUT2D eigenvalue weighted by Gasteiger charge is -2.28. The molecule has 1 aliphatic rings. The first kappa shape index (κ1) is 14.1. The van der Waals surface area contributed by atoms with Crippen molar-refractivity contribution in [2.45, 2.75) is 30.8 Å². The number of para-hydroxylation sites is 1. The largest absolute Gasteiger partial charge is 0.364 e. The minimum absolute atomic E-state index is 0.292. The highest BCUT2D eigenvalue weighted by molar-refractivity contribution is 7.89. The van der Waals surface area contributed by atoms with Crippen LogP contribution in [0.4, 0.5) is 5.69 Å². The van der Waals surface area contributed by atoms with Crippen molar-refractivity contribution in [1.82, 2.24) is 4.72 Å². The summed E-state index contributed by atoms with van der Waals surface area (Å²) in [6.07, 6.45) is -0.439. The summed E-state index contributed by atoms with van der Waals surface area (Å²) >= 11 is 0. The standard InChI is InChI=1S/C16H18N2O2S/c1-11(2)12-7-9-13(10-8-12)16-17-14-5-3-4-6-15(14)21(19,20)18-16/h3-11,16-18H,1-2H3/t16-/m0/s1. The maximum Gasteiger partial charge on any atom is 0.244 e. The average molecular weight is 302 g/mol. The first-order chi connectivity index (χ1) is 9.97. The Morgan fingerprint density at radius 3 is 2.33 bits per heavy atom. The number of fused-ring (bicyclic) bond motifs is 1. The van der Waals surface area contributed by atoms with Crippen molar-refractivity contribution in [2.75, 3.05) is 5.32 Å². The van der Waals surface area contributed by atoms with Crippen molar-refractivity contribution in [3.05, 3.63) is 59.7 Å². The second-order valence-electron chi connectivity index (χ2n) is 5.52. The summed E-state index contributed by atoms with van der Waals surface area (Å²) in [6, 6.07) is 14.9. The lowest BCUT2D eigenvalue weighted by Crippen LogP contribution is -2.38. The van der Waals surface area contributed by atoms with E-state index in [0.717, 1.165) is 5.56 Å². The molecule has 0 spiro atoms. The molecular weight excluding hydrogens is 284 g/mol. The zero-order chi connectivity index (χ0) is 15.0.